The number of ketones is 1. The molecule has 0 bridgehead atoms. The first-order valence-electron chi connectivity index (χ1n) is 14.7. The zero-order valence-electron chi connectivity index (χ0n) is 23.6. The Labute approximate surface area is 199 Å². The van der Waals surface area contributed by atoms with Crippen molar-refractivity contribution in [3.8, 4) is 0 Å². The molecule has 5 aliphatic rings. The minimum absolute atomic E-state index is 0.0386. The quantitative estimate of drug-likeness (QED) is 0.589. The highest BCUT2D eigenvalue weighted by Crippen LogP contribution is 2.69. The number of fused-ring (bicyclic) bond motifs is 6. The van der Waals surface area contributed by atoms with Crippen LogP contribution in [0.3, 0.4) is 0 Å². The number of epoxide rings is 1. The summed E-state index contributed by atoms with van der Waals surface area (Å²) in [5.41, 5.74) is 0.0934. The van der Waals surface area contributed by atoms with Crippen LogP contribution in [0.25, 0.3) is 0 Å². The number of ether oxygens (including phenoxy) is 1. The van der Waals surface area contributed by atoms with Gasteiger partial charge in [-0.3, -0.25) is 4.79 Å². The molecule has 5 fully saturated rings. The normalized spacial score (nSPS) is 53.8. The molecular formula is C28H46O4. The SMILES string of the molecule is [2H]C([2H])([2H])C(C)[C@H](C)[C@@H](O)[C@H](O)[C@@H](C)[C@H]1CC[C@H]2[C@@H]3CC(=O)[C@H]4C[C@H]5O[C@H]5C[C@]4(C)[C@H]3CC[C@]12C. The molecule has 1 saturated heterocycles. The number of carbonyl (C=O) groups is 1. The predicted octanol–water partition coefficient (Wildman–Crippen LogP) is 4.85. The van der Waals surface area contributed by atoms with Gasteiger partial charge >= 0.3 is 0 Å². The first-order valence-corrected chi connectivity index (χ1v) is 13.2. The van der Waals surface area contributed by atoms with Crippen LogP contribution < -0.4 is 0 Å². The second-order valence-electron chi connectivity index (χ2n) is 13.0. The highest BCUT2D eigenvalue weighted by Gasteiger charge is 2.66. The van der Waals surface area contributed by atoms with Gasteiger partial charge in [-0.05, 0) is 90.8 Å². The lowest BCUT2D eigenvalue weighted by Crippen LogP contribution is -2.57. The maximum absolute atomic E-state index is 13.4. The molecule has 4 heteroatoms. The van der Waals surface area contributed by atoms with Crippen molar-refractivity contribution in [3.05, 3.63) is 0 Å². The van der Waals surface area contributed by atoms with Gasteiger partial charge in [0, 0.05) is 16.5 Å². The Bertz CT molecular complexity index is 847. The highest BCUT2D eigenvalue weighted by atomic mass is 16.6. The van der Waals surface area contributed by atoms with Crippen LogP contribution in [0.5, 0.6) is 0 Å². The van der Waals surface area contributed by atoms with Crippen molar-refractivity contribution in [1.29, 1.82) is 0 Å². The molecule has 0 amide bonds. The number of Topliss-reactive ketones (excluding diaryl/α,β-unsaturated/α-hetero) is 1. The van der Waals surface area contributed by atoms with Crippen molar-refractivity contribution >= 4 is 5.78 Å². The fraction of sp³-hybridized carbons (Fsp3) is 0.964. The first kappa shape index (κ1) is 19.8. The van der Waals surface area contributed by atoms with E-state index in [4.69, 9.17) is 8.85 Å². The molecule has 1 aliphatic heterocycles. The third kappa shape index (κ3) is 3.29. The van der Waals surface area contributed by atoms with Crippen LogP contribution in [-0.2, 0) is 9.53 Å². The molecule has 182 valence electrons. The molecule has 0 aromatic heterocycles. The summed E-state index contributed by atoms with van der Waals surface area (Å²) >= 11 is 0. The topological polar surface area (TPSA) is 70.1 Å². The largest absolute Gasteiger partial charge is 0.390 e. The minimum atomic E-state index is -2.15. The van der Waals surface area contributed by atoms with Gasteiger partial charge in [0.25, 0.3) is 0 Å². The smallest absolute Gasteiger partial charge is 0.136 e. The van der Waals surface area contributed by atoms with E-state index in [1.807, 2.05) is 6.92 Å². The Morgan fingerprint density at radius 2 is 1.75 bits per heavy atom. The van der Waals surface area contributed by atoms with Crippen LogP contribution in [0.4, 0.5) is 0 Å². The number of hydrogen-bond acceptors (Lipinski definition) is 4. The maximum Gasteiger partial charge on any atom is 0.136 e. The van der Waals surface area contributed by atoms with E-state index in [9.17, 15) is 15.0 Å². The molecule has 32 heavy (non-hydrogen) atoms. The third-order valence-electron chi connectivity index (χ3n) is 11.6. The molecular weight excluding hydrogens is 400 g/mol. The Kier molecular flexibility index (Phi) is 4.82. The zero-order valence-corrected chi connectivity index (χ0v) is 20.6. The van der Waals surface area contributed by atoms with Crippen molar-refractivity contribution < 1.29 is 23.9 Å². The first-order chi connectivity index (χ1) is 16.2. The Hall–Kier alpha value is -0.450. The van der Waals surface area contributed by atoms with E-state index in [0.717, 1.165) is 38.5 Å². The summed E-state index contributed by atoms with van der Waals surface area (Å²) in [6.45, 7) is 8.01. The van der Waals surface area contributed by atoms with Crippen LogP contribution >= 0.6 is 0 Å². The second-order valence-corrected chi connectivity index (χ2v) is 13.0. The highest BCUT2D eigenvalue weighted by molar-refractivity contribution is 5.83. The maximum atomic E-state index is 13.4. The summed E-state index contributed by atoms with van der Waals surface area (Å²) in [6, 6.07) is 0. The van der Waals surface area contributed by atoms with E-state index in [0.29, 0.717) is 42.2 Å². The Morgan fingerprint density at radius 3 is 2.47 bits per heavy atom. The molecule has 0 aromatic rings. The van der Waals surface area contributed by atoms with Gasteiger partial charge < -0.3 is 14.9 Å². The molecule has 4 saturated carbocycles. The van der Waals surface area contributed by atoms with Gasteiger partial charge in [-0.1, -0.05) is 41.5 Å². The fourth-order valence-corrected chi connectivity index (χ4v) is 9.38. The van der Waals surface area contributed by atoms with Gasteiger partial charge in [0.2, 0.25) is 0 Å². The molecule has 1 heterocycles. The van der Waals surface area contributed by atoms with Crippen LogP contribution in [0.2, 0.25) is 0 Å². The molecule has 0 radical (unpaired) electrons. The molecule has 0 spiro atoms. The monoisotopic (exact) mass is 449 g/mol. The van der Waals surface area contributed by atoms with Gasteiger partial charge in [0.05, 0.1) is 24.4 Å². The number of aliphatic hydroxyl groups excluding tert-OH is 2. The average Bonchev–Trinajstić information content (AvgIpc) is 3.44. The molecule has 4 aliphatic carbocycles. The van der Waals surface area contributed by atoms with Crippen molar-refractivity contribution in [3.63, 3.8) is 0 Å². The van der Waals surface area contributed by atoms with E-state index in [2.05, 4.69) is 13.8 Å². The lowest BCUT2D eigenvalue weighted by molar-refractivity contribution is -0.154. The number of carbonyl (C=O) groups excluding carboxylic acids is 1. The lowest BCUT2D eigenvalue weighted by atomic mass is 9.44. The minimum Gasteiger partial charge on any atom is -0.390 e. The number of rotatable bonds is 5. The van der Waals surface area contributed by atoms with Gasteiger partial charge in [0.15, 0.2) is 0 Å². The fourth-order valence-electron chi connectivity index (χ4n) is 9.38. The van der Waals surface area contributed by atoms with E-state index >= 15 is 0 Å². The van der Waals surface area contributed by atoms with Crippen molar-refractivity contribution in [2.75, 3.05) is 0 Å². The standard InChI is InChI=1S/C28H46O4/c1-14(2)15(3)25(30)26(31)16(4)18-7-8-19-17-11-22(29)21-12-23-24(32-23)13-28(21,6)20(17)9-10-27(18,19)5/h14-21,23-26,30-31H,7-13H2,1-6H3/t15-,16-,17-,18+,19-,20-,21+,23+,24-,25+,26+,27+,28+/m0/s1/i1D3/t14?,15-,16-,17-,18+,19-,20-,21+,23+,24-,25+,26+,27+,28+. The van der Waals surface area contributed by atoms with Crippen LogP contribution in [-0.4, -0.2) is 40.4 Å². The molecule has 1 unspecified atom stereocenters. The van der Waals surface area contributed by atoms with E-state index in [1.54, 1.807) is 13.8 Å². The van der Waals surface area contributed by atoms with E-state index in [-0.39, 0.29) is 28.6 Å². The molecule has 2 N–H and O–H groups in total. The van der Waals surface area contributed by atoms with Gasteiger partial charge in [-0.15, -0.1) is 0 Å². The van der Waals surface area contributed by atoms with Gasteiger partial charge in [0.1, 0.15) is 5.78 Å². The summed E-state index contributed by atoms with van der Waals surface area (Å²) in [5, 5.41) is 22.2. The van der Waals surface area contributed by atoms with Crippen LogP contribution in [0.1, 0.15) is 90.5 Å². The van der Waals surface area contributed by atoms with Crippen molar-refractivity contribution in [2.24, 2.45) is 58.2 Å². The number of aliphatic hydroxyl groups is 2. The average molecular weight is 450 g/mol. The molecule has 5 rings (SSSR count). The predicted molar refractivity (Wildman–Crippen MR) is 125 cm³/mol. The lowest BCUT2D eigenvalue weighted by Gasteiger charge is -2.59. The third-order valence-corrected chi connectivity index (χ3v) is 11.6. The Morgan fingerprint density at radius 1 is 1.03 bits per heavy atom. The van der Waals surface area contributed by atoms with Crippen molar-refractivity contribution in [2.45, 2.75) is 111 Å². The summed E-state index contributed by atoms with van der Waals surface area (Å²) < 4.78 is 29.1. The summed E-state index contributed by atoms with van der Waals surface area (Å²) in [4.78, 5) is 13.4. The summed E-state index contributed by atoms with van der Waals surface area (Å²) in [7, 11) is 0. The second kappa shape index (κ2) is 7.78. The number of hydrogen-bond donors (Lipinski definition) is 2. The Balaban J connectivity index is 1.33. The van der Waals surface area contributed by atoms with Gasteiger partial charge in [-0.25, -0.2) is 0 Å². The van der Waals surface area contributed by atoms with E-state index in [1.165, 1.54) is 0 Å². The van der Waals surface area contributed by atoms with Crippen molar-refractivity contribution in [1.82, 2.24) is 0 Å². The molecule has 4 nitrogen and oxygen atoms in total. The van der Waals surface area contributed by atoms with Crippen LogP contribution in [0.15, 0.2) is 0 Å². The molecule has 14 atom stereocenters. The molecule has 0 aromatic carbocycles. The van der Waals surface area contributed by atoms with E-state index < -0.39 is 30.9 Å². The zero-order chi connectivity index (χ0) is 25.7. The van der Waals surface area contributed by atoms with Gasteiger partial charge in [-0.2, -0.15) is 0 Å². The summed E-state index contributed by atoms with van der Waals surface area (Å²) in [6.07, 6.45) is 5.62. The van der Waals surface area contributed by atoms with Crippen LogP contribution in [0, 0.1) is 58.2 Å². The summed E-state index contributed by atoms with van der Waals surface area (Å²) in [5.74, 6) is 0.985.